The molecule has 8 nitrogen and oxygen atoms in total. The van der Waals surface area contributed by atoms with Gasteiger partial charge in [0.1, 0.15) is 19.0 Å². The summed E-state index contributed by atoms with van der Waals surface area (Å²) in [5.41, 5.74) is 1.82. The molecular formula is C21H25N3O5. The number of urea groups is 1. The van der Waals surface area contributed by atoms with Crippen molar-refractivity contribution in [3.05, 3.63) is 53.6 Å². The number of nitrogens with one attached hydrogen (secondary N) is 3. The standard InChI is InChI=1S/C21H25N3O5/c1-14(16-5-8-18-19(11-16)29-10-9-28-18)24-21(26)23-13-20(25)22-12-15-3-6-17(27-2)7-4-15/h3-8,11,14H,9-10,12-13H2,1-2H3,(H,22,25)(H2,23,24,26). The van der Waals surface area contributed by atoms with Gasteiger partial charge >= 0.3 is 6.03 Å². The molecule has 1 atom stereocenters. The lowest BCUT2D eigenvalue weighted by atomic mass is 10.1. The van der Waals surface area contributed by atoms with Crippen LogP contribution in [0.1, 0.15) is 24.1 Å². The molecule has 1 aliphatic rings. The van der Waals surface area contributed by atoms with Crippen LogP contribution in [0.3, 0.4) is 0 Å². The van der Waals surface area contributed by atoms with E-state index in [9.17, 15) is 9.59 Å². The van der Waals surface area contributed by atoms with Crippen molar-refractivity contribution in [3.8, 4) is 17.2 Å². The van der Waals surface area contributed by atoms with E-state index in [2.05, 4.69) is 16.0 Å². The van der Waals surface area contributed by atoms with Gasteiger partial charge in [0, 0.05) is 6.54 Å². The highest BCUT2D eigenvalue weighted by molar-refractivity contribution is 5.84. The molecule has 0 bridgehead atoms. The maximum absolute atomic E-state index is 12.1. The number of rotatable bonds is 7. The van der Waals surface area contributed by atoms with Crippen LogP contribution in [0.15, 0.2) is 42.5 Å². The van der Waals surface area contributed by atoms with Crippen LogP contribution in [0.4, 0.5) is 4.79 Å². The molecule has 0 saturated heterocycles. The molecule has 1 heterocycles. The van der Waals surface area contributed by atoms with Gasteiger partial charge in [-0.2, -0.15) is 0 Å². The van der Waals surface area contributed by atoms with Crippen LogP contribution >= 0.6 is 0 Å². The summed E-state index contributed by atoms with van der Waals surface area (Å²) in [6.07, 6.45) is 0. The monoisotopic (exact) mass is 399 g/mol. The SMILES string of the molecule is COc1ccc(CNC(=O)CNC(=O)NC(C)c2ccc3c(c2)OCCO3)cc1. The molecule has 1 unspecified atom stereocenters. The number of ether oxygens (including phenoxy) is 3. The van der Waals surface area contributed by atoms with E-state index in [1.165, 1.54) is 0 Å². The molecule has 154 valence electrons. The van der Waals surface area contributed by atoms with Crippen LogP contribution in [0, 0.1) is 0 Å². The van der Waals surface area contributed by atoms with Gasteiger partial charge in [-0.25, -0.2) is 4.79 Å². The van der Waals surface area contributed by atoms with Crippen molar-refractivity contribution in [2.45, 2.75) is 19.5 Å². The summed E-state index contributed by atoms with van der Waals surface area (Å²) in [4.78, 5) is 24.0. The molecule has 2 aromatic rings. The third-order valence-corrected chi connectivity index (χ3v) is 4.47. The minimum Gasteiger partial charge on any atom is -0.497 e. The Morgan fingerprint density at radius 2 is 1.76 bits per heavy atom. The van der Waals surface area contributed by atoms with Gasteiger partial charge in [0.2, 0.25) is 5.91 Å². The average molecular weight is 399 g/mol. The molecule has 2 aromatic carbocycles. The molecular weight excluding hydrogens is 374 g/mol. The summed E-state index contributed by atoms with van der Waals surface area (Å²) in [7, 11) is 1.60. The fraction of sp³-hybridized carbons (Fsp3) is 0.333. The van der Waals surface area contributed by atoms with Gasteiger partial charge in [-0.05, 0) is 42.3 Å². The maximum atomic E-state index is 12.1. The van der Waals surface area contributed by atoms with Gasteiger partial charge in [0.15, 0.2) is 11.5 Å². The molecule has 29 heavy (non-hydrogen) atoms. The third kappa shape index (κ3) is 5.78. The van der Waals surface area contributed by atoms with Crippen LogP contribution in [0.2, 0.25) is 0 Å². The zero-order valence-corrected chi connectivity index (χ0v) is 16.5. The highest BCUT2D eigenvalue weighted by Gasteiger charge is 2.16. The van der Waals surface area contributed by atoms with E-state index in [-0.39, 0.29) is 18.5 Å². The van der Waals surface area contributed by atoms with Gasteiger partial charge in [-0.1, -0.05) is 18.2 Å². The summed E-state index contributed by atoms with van der Waals surface area (Å²) in [6.45, 7) is 3.15. The van der Waals surface area contributed by atoms with Crippen molar-refractivity contribution in [2.24, 2.45) is 0 Å². The molecule has 0 fully saturated rings. The number of hydrogen-bond acceptors (Lipinski definition) is 5. The minimum atomic E-state index is -0.424. The number of fused-ring (bicyclic) bond motifs is 1. The molecule has 0 aliphatic carbocycles. The smallest absolute Gasteiger partial charge is 0.315 e. The predicted octanol–water partition coefficient (Wildman–Crippen LogP) is 2.14. The van der Waals surface area contributed by atoms with E-state index in [0.717, 1.165) is 16.9 Å². The molecule has 0 spiro atoms. The Morgan fingerprint density at radius 3 is 2.48 bits per heavy atom. The van der Waals surface area contributed by atoms with E-state index in [4.69, 9.17) is 14.2 Å². The Balaban J connectivity index is 1.41. The zero-order valence-electron chi connectivity index (χ0n) is 16.5. The van der Waals surface area contributed by atoms with Gasteiger partial charge in [-0.3, -0.25) is 4.79 Å². The minimum absolute atomic E-state index is 0.115. The van der Waals surface area contributed by atoms with Gasteiger partial charge < -0.3 is 30.2 Å². The van der Waals surface area contributed by atoms with Gasteiger partial charge in [0.25, 0.3) is 0 Å². The van der Waals surface area contributed by atoms with E-state index >= 15 is 0 Å². The average Bonchev–Trinajstić information content (AvgIpc) is 2.76. The second-order valence-corrected chi connectivity index (χ2v) is 6.58. The number of hydrogen-bond donors (Lipinski definition) is 3. The van der Waals surface area contributed by atoms with Crippen LogP contribution in [0.5, 0.6) is 17.2 Å². The van der Waals surface area contributed by atoms with Crippen molar-refractivity contribution >= 4 is 11.9 Å². The predicted molar refractivity (Wildman–Crippen MR) is 107 cm³/mol. The molecule has 3 rings (SSSR count). The number of methoxy groups -OCH3 is 1. The maximum Gasteiger partial charge on any atom is 0.315 e. The molecule has 0 radical (unpaired) electrons. The largest absolute Gasteiger partial charge is 0.497 e. The lowest BCUT2D eigenvalue weighted by Gasteiger charge is -2.21. The molecule has 1 aliphatic heterocycles. The van der Waals surface area contributed by atoms with Crippen LogP contribution in [0.25, 0.3) is 0 Å². The third-order valence-electron chi connectivity index (χ3n) is 4.47. The summed E-state index contributed by atoms with van der Waals surface area (Å²) in [5.74, 6) is 1.85. The fourth-order valence-corrected chi connectivity index (χ4v) is 2.83. The van der Waals surface area contributed by atoms with Crippen molar-refractivity contribution in [3.63, 3.8) is 0 Å². The number of carbonyl (C=O) groups is 2. The fourth-order valence-electron chi connectivity index (χ4n) is 2.83. The Kier molecular flexibility index (Phi) is 6.78. The molecule has 0 aromatic heterocycles. The lowest BCUT2D eigenvalue weighted by Crippen LogP contribution is -2.42. The Morgan fingerprint density at radius 1 is 1.03 bits per heavy atom. The van der Waals surface area contributed by atoms with Crippen molar-refractivity contribution in [1.29, 1.82) is 0 Å². The number of benzene rings is 2. The second kappa shape index (κ2) is 9.68. The van der Waals surface area contributed by atoms with Crippen LogP contribution in [-0.4, -0.2) is 38.8 Å². The van der Waals surface area contributed by atoms with E-state index < -0.39 is 6.03 Å². The van der Waals surface area contributed by atoms with Gasteiger partial charge in [-0.15, -0.1) is 0 Å². The summed E-state index contributed by atoms with van der Waals surface area (Å²) < 4.78 is 16.2. The van der Waals surface area contributed by atoms with E-state index in [1.807, 2.05) is 49.4 Å². The van der Waals surface area contributed by atoms with Gasteiger partial charge in [0.05, 0.1) is 19.7 Å². The summed E-state index contributed by atoms with van der Waals surface area (Å²) >= 11 is 0. The molecule has 0 saturated carbocycles. The lowest BCUT2D eigenvalue weighted by molar-refractivity contribution is -0.120. The summed E-state index contributed by atoms with van der Waals surface area (Å²) in [5, 5.41) is 8.12. The van der Waals surface area contributed by atoms with Crippen molar-refractivity contribution < 1.29 is 23.8 Å². The highest BCUT2D eigenvalue weighted by Crippen LogP contribution is 2.32. The molecule has 8 heteroatoms. The Bertz CT molecular complexity index is 854. The Hall–Kier alpha value is -3.42. The topological polar surface area (TPSA) is 97.9 Å². The molecule has 3 N–H and O–H groups in total. The second-order valence-electron chi connectivity index (χ2n) is 6.58. The van der Waals surface area contributed by atoms with Crippen molar-refractivity contribution in [2.75, 3.05) is 26.9 Å². The zero-order chi connectivity index (χ0) is 20.6. The van der Waals surface area contributed by atoms with E-state index in [0.29, 0.717) is 31.3 Å². The Labute approximate surface area is 169 Å². The number of amides is 3. The highest BCUT2D eigenvalue weighted by atomic mass is 16.6. The first kappa shape index (κ1) is 20.3. The van der Waals surface area contributed by atoms with Crippen LogP contribution < -0.4 is 30.2 Å². The quantitative estimate of drug-likeness (QED) is 0.663. The first-order valence-corrected chi connectivity index (χ1v) is 9.38. The normalized spacial score (nSPS) is 13.2. The summed E-state index contributed by atoms with van der Waals surface area (Å²) in [6, 6.07) is 12.3. The first-order valence-electron chi connectivity index (χ1n) is 9.38. The van der Waals surface area contributed by atoms with E-state index in [1.54, 1.807) is 7.11 Å². The number of carbonyl (C=O) groups excluding carboxylic acids is 2. The molecule has 3 amide bonds. The first-order chi connectivity index (χ1) is 14.0. The van der Waals surface area contributed by atoms with Crippen molar-refractivity contribution in [1.82, 2.24) is 16.0 Å². The van der Waals surface area contributed by atoms with Crippen LogP contribution in [-0.2, 0) is 11.3 Å².